The lowest BCUT2D eigenvalue weighted by molar-refractivity contribution is 0.111. The van der Waals surface area contributed by atoms with Gasteiger partial charge in [-0.15, -0.1) is 0 Å². The Bertz CT molecular complexity index is 1250. The molecule has 0 amide bonds. The topological polar surface area (TPSA) is 108 Å². The maximum absolute atomic E-state index is 13.4. The smallest absolute Gasteiger partial charge is 0.278 e. The number of halogens is 2. The Labute approximate surface area is 177 Å². The van der Waals surface area contributed by atoms with Crippen molar-refractivity contribution in [2.24, 2.45) is 0 Å². The molecule has 0 aliphatic heterocycles. The number of rotatable bonds is 7. The van der Waals surface area contributed by atoms with Gasteiger partial charge in [-0.3, -0.25) is 9.48 Å². The molecule has 1 aromatic carbocycles. The van der Waals surface area contributed by atoms with Crippen LogP contribution >= 0.6 is 11.6 Å². The standard InChI is InChI=1S/C19H18ClFN4O4S/c1-11-15(10-26)25(7-8-30(2,27)28)23-16(11)17-22-18(24-29-17)19(5-6-19)13-4-3-12(21)9-14(13)20/h3-4,9-10H,5-8H2,1-2H3. The van der Waals surface area contributed by atoms with Gasteiger partial charge in [-0.25, -0.2) is 12.8 Å². The fourth-order valence-electron chi connectivity index (χ4n) is 3.47. The van der Waals surface area contributed by atoms with Crippen LogP contribution in [0.2, 0.25) is 5.02 Å². The summed E-state index contributed by atoms with van der Waals surface area (Å²) in [5, 5.41) is 8.70. The van der Waals surface area contributed by atoms with Crippen LogP contribution in [0.4, 0.5) is 4.39 Å². The average molecular weight is 453 g/mol. The fourth-order valence-corrected chi connectivity index (χ4v) is 4.32. The maximum atomic E-state index is 13.4. The molecule has 0 atom stereocenters. The molecule has 0 bridgehead atoms. The minimum atomic E-state index is -3.23. The molecule has 158 valence electrons. The van der Waals surface area contributed by atoms with Gasteiger partial charge in [-0.1, -0.05) is 22.8 Å². The van der Waals surface area contributed by atoms with Crippen LogP contribution < -0.4 is 0 Å². The van der Waals surface area contributed by atoms with Gasteiger partial charge >= 0.3 is 0 Å². The number of hydrogen-bond acceptors (Lipinski definition) is 7. The minimum absolute atomic E-state index is 0.0316. The molecule has 0 saturated heterocycles. The number of sulfone groups is 1. The highest BCUT2D eigenvalue weighted by Crippen LogP contribution is 2.54. The van der Waals surface area contributed by atoms with Crippen molar-refractivity contribution in [3.63, 3.8) is 0 Å². The van der Waals surface area contributed by atoms with Crippen LogP contribution in [-0.2, 0) is 21.8 Å². The first-order valence-corrected chi connectivity index (χ1v) is 11.6. The highest BCUT2D eigenvalue weighted by atomic mass is 35.5. The Morgan fingerprint density at radius 2 is 2.10 bits per heavy atom. The molecule has 11 heteroatoms. The summed E-state index contributed by atoms with van der Waals surface area (Å²) in [7, 11) is -3.23. The van der Waals surface area contributed by atoms with E-state index in [0.29, 0.717) is 28.4 Å². The van der Waals surface area contributed by atoms with Gasteiger partial charge < -0.3 is 4.52 Å². The molecule has 2 heterocycles. The lowest BCUT2D eigenvalue weighted by Gasteiger charge is -2.12. The van der Waals surface area contributed by atoms with Gasteiger partial charge in [0, 0.05) is 16.8 Å². The molecule has 1 aliphatic carbocycles. The second kappa shape index (κ2) is 7.28. The van der Waals surface area contributed by atoms with Crippen molar-refractivity contribution < 1.29 is 22.1 Å². The average Bonchev–Trinajstić information content (AvgIpc) is 3.18. The van der Waals surface area contributed by atoms with Crippen molar-refractivity contribution in [1.29, 1.82) is 0 Å². The molecule has 1 fully saturated rings. The Balaban J connectivity index is 1.69. The summed E-state index contributed by atoms with van der Waals surface area (Å²) in [5.74, 6) is -0.0580. The van der Waals surface area contributed by atoms with E-state index in [4.69, 9.17) is 16.1 Å². The molecule has 30 heavy (non-hydrogen) atoms. The number of nitrogens with zero attached hydrogens (tertiary/aromatic N) is 4. The summed E-state index contributed by atoms with van der Waals surface area (Å²) < 4.78 is 43.1. The van der Waals surface area contributed by atoms with Crippen LogP contribution in [-0.4, -0.2) is 46.6 Å². The Morgan fingerprint density at radius 1 is 1.37 bits per heavy atom. The van der Waals surface area contributed by atoms with Crippen molar-refractivity contribution in [2.45, 2.75) is 31.7 Å². The first-order chi connectivity index (χ1) is 14.1. The molecular formula is C19H18ClFN4O4S. The SMILES string of the molecule is Cc1c(-c2nc(C3(c4ccc(F)cc4Cl)CC3)no2)nn(CCS(C)(=O)=O)c1C=O. The molecule has 0 radical (unpaired) electrons. The predicted octanol–water partition coefficient (Wildman–Crippen LogP) is 2.97. The number of benzene rings is 1. The van der Waals surface area contributed by atoms with Gasteiger partial charge in [0.2, 0.25) is 0 Å². The fraction of sp³-hybridized carbons (Fsp3) is 0.368. The van der Waals surface area contributed by atoms with E-state index in [9.17, 15) is 17.6 Å². The lowest BCUT2D eigenvalue weighted by atomic mass is 9.95. The maximum Gasteiger partial charge on any atom is 0.278 e. The highest BCUT2D eigenvalue weighted by Gasteiger charge is 2.51. The Morgan fingerprint density at radius 3 is 2.70 bits per heavy atom. The van der Waals surface area contributed by atoms with Crippen LogP contribution in [0.5, 0.6) is 0 Å². The third kappa shape index (κ3) is 3.65. The molecular weight excluding hydrogens is 435 g/mol. The number of aryl methyl sites for hydroxylation is 1. The van der Waals surface area contributed by atoms with Gasteiger partial charge in [0.1, 0.15) is 21.3 Å². The number of aldehydes is 1. The first kappa shape index (κ1) is 20.7. The van der Waals surface area contributed by atoms with Gasteiger partial charge in [-0.2, -0.15) is 10.1 Å². The molecule has 3 aromatic rings. The van der Waals surface area contributed by atoms with Crippen molar-refractivity contribution in [1.82, 2.24) is 19.9 Å². The van der Waals surface area contributed by atoms with Crippen molar-refractivity contribution in [3.05, 3.63) is 51.7 Å². The van der Waals surface area contributed by atoms with E-state index in [0.717, 1.165) is 24.7 Å². The van der Waals surface area contributed by atoms with Crippen LogP contribution in [0.1, 0.15) is 40.3 Å². The largest absolute Gasteiger partial charge is 0.332 e. The Kier molecular flexibility index (Phi) is 5.01. The van der Waals surface area contributed by atoms with Crippen LogP contribution in [0, 0.1) is 12.7 Å². The second-order valence-corrected chi connectivity index (χ2v) is 10.1. The van der Waals surface area contributed by atoms with E-state index >= 15 is 0 Å². The monoisotopic (exact) mass is 452 g/mol. The van der Waals surface area contributed by atoms with E-state index in [1.807, 2.05) is 0 Å². The molecule has 8 nitrogen and oxygen atoms in total. The molecule has 0 spiro atoms. The molecule has 0 unspecified atom stereocenters. The van der Waals surface area contributed by atoms with Crippen LogP contribution in [0.25, 0.3) is 11.6 Å². The van der Waals surface area contributed by atoms with Crippen molar-refractivity contribution in [3.8, 4) is 11.6 Å². The molecule has 4 rings (SSSR count). The zero-order chi connectivity index (χ0) is 21.7. The molecule has 2 aromatic heterocycles. The van der Waals surface area contributed by atoms with Crippen molar-refractivity contribution in [2.75, 3.05) is 12.0 Å². The Hall–Kier alpha value is -2.59. The summed E-state index contributed by atoms with van der Waals surface area (Å²) in [6.45, 7) is 1.71. The number of hydrogen-bond donors (Lipinski definition) is 0. The summed E-state index contributed by atoms with van der Waals surface area (Å²) in [6, 6.07) is 4.21. The van der Waals surface area contributed by atoms with Gasteiger partial charge in [-0.05, 0) is 37.5 Å². The normalized spacial score (nSPS) is 15.3. The minimum Gasteiger partial charge on any atom is -0.332 e. The second-order valence-electron chi connectivity index (χ2n) is 7.46. The van der Waals surface area contributed by atoms with E-state index in [1.165, 1.54) is 16.8 Å². The van der Waals surface area contributed by atoms with E-state index in [-0.39, 0.29) is 23.9 Å². The first-order valence-electron chi connectivity index (χ1n) is 9.15. The predicted molar refractivity (Wildman–Crippen MR) is 107 cm³/mol. The quantitative estimate of drug-likeness (QED) is 0.507. The molecule has 1 saturated carbocycles. The molecule has 1 aliphatic rings. The van der Waals surface area contributed by atoms with E-state index < -0.39 is 21.1 Å². The van der Waals surface area contributed by atoms with Gasteiger partial charge in [0.15, 0.2) is 17.8 Å². The van der Waals surface area contributed by atoms with Gasteiger partial charge in [0.25, 0.3) is 5.89 Å². The van der Waals surface area contributed by atoms with E-state index in [2.05, 4.69) is 15.2 Å². The number of carbonyl (C=O) groups is 1. The van der Waals surface area contributed by atoms with Gasteiger partial charge in [0.05, 0.1) is 17.7 Å². The highest BCUT2D eigenvalue weighted by molar-refractivity contribution is 7.90. The summed E-state index contributed by atoms with van der Waals surface area (Å²) in [5.41, 5.74) is 1.24. The summed E-state index contributed by atoms with van der Waals surface area (Å²) in [6.07, 6.45) is 3.20. The van der Waals surface area contributed by atoms with E-state index in [1.54, 1.807) is 13.0 Å². The van der Waals surface area contributed by atoms with Crippen LogP contribution in [0.3, 0.4) is 0 Å². The van der Waals surface area contributed by atoms with Crippen molar-refractivity contribution >= 4 is 27.7 Å². The zero-order valence-corrected chi connectivity index (χ0v) is 17.8. The van der Waals surface area contributed by atoms with Crippen LogP contribution in [0.15, 0.2) is 22.7 Å². The third-order valence-electron chi connectivity index (χ3n) is 5.28. The molecule has 0 N–H and O–H groups in total. The third-order valence-corrected chi connectivity index (χ3v) is 6.51. The lowest BCUT2D eigenvalue weighted by Crippen LogP contribution is -2.14. The number of carbonyl (C=O) groups excluding carboxylic acids is 1. The zero-order valence-electron chi connectivity index (χ0n) is 16.2. The summed E-state index contributed by atoms with van der Waals surface area (Å²) in [4.78, 5) is 16.0. The number of aromatic nitrogens is 4. The summed E-state index contributed by atoms with van der Waals surface area (Å²) >= 11 is 6.24.